The van der Waals surface area contributed by atoms with E-state index in [9.17, 15) is 5.11 Å². The molecule has 4 N–H and O–H groups in total. The summed E-state index contributed by atoms with van der Waals surface area (Å²) in [6.07, 6.45) is 1.80. The number of aromatic hydroxyl groups is 1. The molecule has 6 nitrogen and oxygen atoms in total. The van der Waals surface area contributed by atoms with Crippen LogP contribution in [-0.4, -0.2) is 25.5 Å². The van der Waals surface area contributed by atoms with Gasteiger partial charge in [-0.15, -0.1) is 0 Å². The van der Waals surface area contributed by atoms with E-state index in [4.69, 9.17) is 0 Å². The highest BCUT2D eigenvalue weighted by atomic mass is 16.3. The lowest BCUT2D eigenvalue weighted by molar-refractivity contribution is 0.475. The molecule has 114 valence electrons. The second-order valence-corrected chi connectivity index (χ2v) is 5.46. The summed E-state index contributed by atoms with van der Waals surface area (Å²) in [4.78, 5) is 0. The molecular formula is C17H15N5O. The van der Waals surface area contributed by atoms with Gasteiger partial charge in [-0.25, -0.2) is 0 Å². The van der Waals surface area contributed by atoms with E-state index in [0.717, 1.165) is 39.2 Å². The average molecular weight is 305 g/mol. The molecule has 4 aromatic rings. The highest BCUT2D eigenvalue weighted by Crippen LogP contribution is 2.27. The van der Waals surface area contributed by atoms with Crippen LogP contribution in [0.3, 0.4) is 0 Å². The highest BCUT2D eigenvalue weighted by molar-refractivity contribution is 5.84. The zero-order chi connectivity index (χ0) is 15.8. The average Bonchev–Trinajstić information content (AvgIpc) is 3.18. The van der Waals surface area contributed by atoms with Gasteiger partial charge in [0.25, 0.3) is 0 Å². The van der Waals surface area contributed by atoms with Crippen LogP contribution < -0.4 is 5.32 Å². The number of benzene rings is 2. The Kier molecular flexibility index (Phi) is 3.01. The van der Waals surface area contributed by atoms with Gasteiger partial charge >= 0.3 is 0 Å². The van der Waals surface area contributed by atoms with Gasteiger partial charge in [0.2, 0.25) is 0 Å². The van der Waals surface area contributed by atoms with E-state index < -0.39 is 0 Å². The van der Waals surface area contributed by atoms with E-state index >= 15 is 0 Å². The molecule has 2 aromatic heterocycles. The van der Waals surface area contributed by atoms with Crippen LogP contribution in [-0.2, 0) is 0 Å². The molecule has 0 aliphatic carbocycles. The zero-order valence-electron chi connectivity index (χ0n) is 12.5. The second kappa shape index (κ2) is 5.17. The van der Waals surface area contributed by atoms with Crippen molar-refractivity contribution in [3.8, 4) is 17.0 Å². The number of nitrogens with one attached hydrogen (secondary N) is 3. The highest BCUT2D eigenvalue weighted by Gasteiger charge is 2.07. The summed E-state index contributed by atoms with van der Waals surface area (Å²) in [6.45, 7) is 2.04. The fourth-order valence-corrected chi connectivity index (χ4v) is 2.55. The van der Waals surface area contributed by atoms with Crippen LogP contribution in [0, 0.1) is 6.92 Å². The number of phenols is 1. The quantitative estimate of drug-likeness (QED) is 0.464. The molecule has 0 spiro atoms. The van der Waals surface area contributed by atoms with Crippen molar-refractivity contribution in [2.24, 2.45) is 0 Å². The van der Waals surface area contributed by atoms with Gasteiger partial charge in [0, 0.05) is 17.1 Å². The third-order valence-corrected chi connectivity index (χ3v) is 3.80. The third kappa shape index (κ3) is 2.50. The summed E-state index contributed by atoms with van der Waals surface area (Å²) in [7, 11) is 0. The predicted octanol–water partition coefficient (Wildman–Crippen LogP) is 3.71. The van der Waals surface area contributed by atoms with Crippen LogP contribution in [0.25, 0.3) is 22.2 Å². The van der Waals surface area contributed by atoms with Crippen LogP contribution >= 0.6 is 0 Å². The maximum absolute atomic E-state index is 9.36. The molecule has 0 atom stereocenters. The Labute approximate surface area is 132 Å². The Morgan fingerprint density at radius 1 is 1.04 bits per heavy atom. The molecule has 4 rings (SSSR count). The SMILES string of the molecule is Cc1cc2[nH]ncc2cc1Nc1cc(-c2ccc(O)cc2)[nH]n1. The van der Waals surface area contributed by atoms with Crippen molar-refractivity contribution in [3.05, 3.63) is 54.2 Å². The van der Waals surface area contributed by atoms with Gasteiger partial charge in [0.1, 0.15) is 5.75 Å². The molecule has 0 aliphatic heterocycles. The molecule has 0 amide bonds. The summed E-state index contributed by atoms with van der Waals surface area (Å²) >= 11 is 0. The fraction of sp³-hybridized carbons (Fsp3) is 0.0588. The van der Waals surface area contributed by atoms with Crippen molar-refractivity contribution < 1.29 is 5.11 Å². The van der Waals surface area contributed by atoms with Crippen molar-refractivity contribution >= 4 is 22.4 Å². The molecule has 0 saturated carbocycles. The summed E-state index contributed by atoms with van der Waals surface area (Å²) in [6, 6.07) is 13.0. The molecule has 0 bridgehead atoms. The van der Waals surface area contributed by atoms with E-state index in [1.807, 2.05) is 31.2 Å². The van der Waals surface area contributed by atoms with E-state index in [1.165, 1.54) is 0 Å². The van der Waals surface area contributed by atoms with Gasteiger partial charge in [-0.2, -0.15) is 10.2 Å². The Morgan fingerprint density at radius 3 is 2.70 bits per heavy atom. The lowest BCUT2D eigenvalue weighted by atomic mass is 10.1. The number of fused-ring (bicyclic) bond motifs is 1. The predicted molar refractivity (Wildman–Crippen MR) is 89.8 cm³/mol. The normalized spacial score (nSPS) is 11.0. The lowest BCUT2D eigenvalue weighted by Gasteiger charge is -2.06. The summed E-state index contributed by atoms with van der Waals surface area (Å²) < 4.78 is 0. The fourth-order valence-electron chi connectivity index (χ4n) is 2.55. The largest absolute Gasteiger partial charge is 0.508 e. The van der Waals surface area contributed by atoms with Gasteiger partial charge < -0.3 is 10.4 Å². The first-order valence-electron chi connectivity index (χ1n) is 7.24. The zero-order valence-corrected chi connectivity index (χ0v) is 12.5. The number of hydrogen-bond acceptors (Lipinski definition) is 4. The maximum Gasteiger partial charge on any atom is 0.152 e. The summed E-state index contributed by atoms with van der Waals surface area (Å²) in [5.41, 5.74) is 4.96. The minimum absolute atomic E-state index is 0.246. The van der Waals surface area contributed by atoms with E-state index in [-0.39, 0.29) is 5.75 Å². The Bertz CT molecular complexity index is 968. The number of aromatic nitrogens is 4. The second-order valence-electron chi connectivity index (χ2n) is 5.46. The first-order chi connectivity index (χ1) is 11.2. The van der Waals surface area contributed by atoms with Gasteiger partial charge in [-0.3, -0.25) is 10.2 Å². The van der Waals surface area contributed by atoms with Crippen LogP contribution in [0.2, 0.25) is 0 Å². The molecular weight excluding hydrogens is 290 g/mol. The molecule has 0 saturated heterocycles. The van der Waals surface area contributed by atoms with Crippen molar-refractivity contribution in [3.63, 3.8) is 0 Å². The van der Waals surface area contributed by atoms with Gasteiger partial charge in [-0.1, -0.05) is 0 Å². The van der Waals surface area contributed by atoms with Crippen LogP contribution in [0.15, 0.2) is 48.7 Å². The summed E-state index contributed by atoms with van der Waals surface area (Å²) in [5, 5.41) is 28.0. The Balaban J connectivity index is 1.63. The van der Waals surface area contributed by atoms with E-state index in [1.54, 1.807) is 18.3 Å². The van der Waals surface area contributed by atoms with Crippen molar-refractivity contribution in [1.29, 1.82) is 0 Å². The number of phenolic OH excluding ortho intramolecular Hbond substituents is 1. The molecule has 2 heterocycles. The monoisotopic (exact) mass is 305 g/mol. The molecule has 0 aliphatic rings. The number of hydrogen-bond donors (Lipinski definition) is 4. The van der Waals surface area contributed by atoms with Crippen LogP contribution in [0.4, 0.5) is 11.5 Å². The number of rotatable bonds is 3. The van der Waals surface area contributed by atoms with Crippen molar-refractivity contribution in [2.75, 3.05) is 5.32 Å². The molecule has 0 unspecified atom stereocenters. The van der Waals surface area contributed by atoms with Crippen LogP contribution in [0.1, 0.15) is 5.56 Å². The minimum Gasteiger partial charge on any atom is -0.508 e. The molecule has 0 radical (unpaired) electrons. The van der Waals surface area contributed by atoms with Gasteiger partial charge in [0.05, 0.1) is 17.4 Å². The van der Waals surface area contributed by atoms with Crippen LogP contribution in [0.5, 0.6) is 5.75 Å². The lowest BCUT2D eigenvalue weighted by Crippen LogP contribution is -1.93. The first-order valence-corrected chi connectivity index (χ1v) is 7.24. The molecule has 0 fully saturated rings. The number of aryl methyl sites for hydroxylation is 1. The number of nitrogens with zero attached hydrogens (tertiary/aromatic N) is 2. The van der Waals surface area contributed by atoms with Gasteiger partial charge in [0.15, 0.2) is 5.82 Å². The number of anilines is 2. The summed E-state index contributed by atoms with van der Waals surface area (Å²) in [5.74, 6) is 0.981. The van der Waals surface area contributed by atoms with E-state index in [2.05, 4.69) is 31.8 Å². The Hall–Kier alpha value is -3.28. The van der Waals surface area contributed by atoms with E-state index in [0.29, 0.717) is 0 Å². The van der Waals surface area contributed by atoms with Crippen molar-refractivity contribution in [2.45, 2.75) is 6.92 Å². The molecule has 23 heavy (non-hydrogen) atoms. The molecule has 2 aromatic carbocycles. The maximum atomic E-state index is 9.36. The number of H-pyrrole nitrogens is 2. The van der Waals surface area contributed by atoms with Crippen molar-refractivity contribution in [1.82, 2.24) is 20.4 Å². The third-order valence-electron chi connectivity index (χ3n) is 3.80. The van der Waals surface area contributed by atoms with Gasteiger partial charge in [-0.05, 0) is 54.4 Å². The number of aromatic amines is 2. The molecule has 6 heteroatoms. The smallest absolute Gasteiger partial charge is 0.152 e. The Morgan fingerprint density at radius 2 is 1.87 bits per heavy atom. The standard InChI is InChI=1S/C17H15N5O/c1-10-6-15-12(9-18-20-15)7-14(10)19-17-8-16(21-22-17)11-2-4-13(23)5-3-11/h2-9,23H,1H3,(H,18,20)(H2,19,21,22). The first kappa shape index (κ1) is 13.4. The minimum atomic E-state index is 0.246. The topological polar surface area (TPSA) is 89.6 Å².